The highest BCUT2D eigenvalue weighted by atomic mass is 32.2. The van der Waals surface area contributed by atoms with E-state index in [0.717, 1.165) is 0 Å². The van der Waals surface area contributed by atoms with Gasteiger partial charge in [0.2, 0.25) is 0 Å². The summed E-state index contributed by atoms with van der Waals surface area (Å²) >= 11 is 0. The van der Waals surface area contributed by atoms with Crippen molar-refractivity contribution in [1.29, 1.82) is 0 Å². The molecule has 0 aliphatic heterocycles. The summed E-state index contributed by atoms with van der Waals surface area (Å²) in [5.74, 6) is 0.800. The number of pyridine rings is 1. The SMILES string of the molecule is COc1ccc(NS(=O)(=O)c2ccnc(N)c2)cc1. The first kappa shape index (κ1) is 13.2. The number of nitrogens with two attached hydrogens (primary N) is 1. The molecule has 0 saturated carbocycles. The van der Waals surface area contributed by atoms with Crippen molar-refractivity contribution < 1.29 is 13.2 Å². The molecule has 6 nitrogen and oxygen atoms in total. The summed E-state index contributed by atoms with van der Waals surface area (Å²) in [5, 5.41) is 0. The van der Waals surface area contributed by atoms with E-state index in [1.165, 1.54) is 18.3 Å². The van der Waals surface area contributed by atoms with Gasteiger partial charge in [-0.05, 0) is 30.3 Å². The van der Waals surface area contributed by atoms with Crippen LogP contribution in [0.2, 0.25) is 0 Å². The number of anilines is 2. The molecule has 2 rings (SSSR count). The highest BCUT2D eigenvalue weighted by Gasteiger charge is 2.14. The average Bonchev–Trinajstić information content (AvgIpc) is 2.39. The van der Waals surface area contributed by atoms with Gasteiger partial charge in [-0.15, -0.1) is 0 Å². The van der Waals surface area contributed by atoms with Crippen molar-refractivity contribution in [2.24, 2.45) is 0 Å². The third-order valence-corrected chi connectivity index (χ3v) is 3.78. The van der Waals surface area contributed by atoms with Gasteiger partial charge in [-0.1, -0.05) is 0 Å². The molecule has 0 unspecified atom stereocenters. The topological polar surface area (TPSA) is 94.3 Å². The van der Waals surface area contributed by atoms with Crippen LogP contribution >= 0.6 is 0 Å². The summed E-state index contributed by atoms with van der Waals surface area (Å²) in [6, 6.07) is 9.23. The van der Waals surface area contributed by atoms with Crippen LogP contribution in [0.4, 0.5) is 11.5 Å². The summed E-state index contributed by atoms with van der Waals surface area (Å²) in [6.45, 7) is 0. The fourth-order valence-electron chi connectivity index (χ4n) is 1.47. The standard InChI is InChI=1S/C12H13N3O3S/c1-18-10-4-2-9(3-5-10)15-19(16,17)11-6-7-14-12(13)8-11/h2-8,15H,1H3,(H2,13,14). The van der Waals surface area contributed by atoms with E-state index >= 15 is 0 Å². The number of sulfonamides is 1. The van der Waals surface area contributed by atoms with E-state index in [1.807, 2.05) is 0 Å². The average molecular weight is 279 g/mol. The maximum atomic E-state index is 12.1. The van der Waals surface area contributed by atoms with Crippen molar-refractivity contribution in [2.45, 2.75) is 4.90 Å². The summed E-state index contributed by atoms with van der Waals surface area (Å²) in [4.78, 5) is 3.82. The third kappa shape index (κ3) is 3.14. The summed E-state index contributed by atoms with van der Waals surface area (Å²) in [6.07, 6.45) is 1.35. The molecule has 0 bridgehead atoms. The van der Waals surface area contributed by atoms with Gasteiger partial charge in [-0.25, -0.2) is 13.4 Å². The normalized spacial score (nSPS) is 11.0. The van der Waals surface area contributed by atoms with E-state index < -0.39 is 10.0 Å². The van der Waals surface area contributed by atoms with Gasteiger partial charge >= 0.3 is 0 Å². The highest BCUT2D eigenvalue weighted by Crippen LogP contribution is 2.19. The van der Waals surface area contributed by atoms with Crippen LogP contribution < -0.4 is 15.2 Å². The number of aromatic nitrogens is 1. The lowest BCUT2D eigenvalue weighted by molar-refractivity contribution is 0.415. The second-order valence-electron chi connectivity index (χ2n) is 3.75. The number of nitrogens with one attached hydrogen (secondary N) is 1. The Kier molecular flexibility index (Phi) is 3.57. The van der Waals surface area contributed by atoms with Crippen molar-refractivity contribution in [2.75, 3.05) is 17.6 Å². The van der Waals surface area contributed by atoms with Crippen molar-refractivity contribution in [3.8, 4) is 5.75 Å². The minimum absolute atomic E-state index is 0.0656. The molecule has 0 aliphatic carbocycles. The Morgan fingerprint density at radius 2 is 1.89 bits per heavy atom. The Balaban J connectivity index is 2.25. The summed E-state index contributed by atoms with van der Waals surface area (Å²) in [5.41, 5.74) is 5.91. The highest BCUT2D eigenvalue weighted by molar-refractivity contribution is 7.92. The Bertz CT molecular complexity index is 669. The minimum Gasteiger partial charge on any atom is -0.497 e. The molecule has 0 fully saturated rings. The molecule has 3 N–H and O–H groups in total. The molecule has 0 aliphatic rings. The van der Waals surface area contributed by atoms with Crippen LogP contribution in [-0.2, 0) is 10.0 Å². The van der Waals surface area contributed by atoms with Gasteiger partial charge in [0.15, 0.2) is 0 Å². The predicted molar refractivity (Wildman–Crippen MR) is 72.5 cm³/mol. The number of ether oxygens (including phenoxy) is 1. The first-order chi connectivity index (χ1) is 9.01. The smallest absolute Gasteiger partial charge is 0.262 e. The zero-order valence-electron chi connectivity index (χ0n) is 10.2. The predicted octanol–water partition coefficient (Wildman–Crippen LogP) is 1.47. The first-order valence-electron chi connectivity index (χ1n) is 5.40. The maximum Gasteiger partial charge on any atom is 0.262 e. The number of benzene rings is 1. The second kappa shape index (κ2) is 5.15. The first-order valence-corrected chi connectivity index (χ1v) is 6.88. The fourth-order valence-corrected chi connectivity index (χ4v) is 2.55. The number of rotatable bonds is 4. The number of nitrogen functional groups attached to an aromatic ring is 1. The van der Waals surface area contributed by atoms with Crippen LogP contribution in [0.5, 0.6) is 5.75 Å². The second-order valence-corrected chi connectivity index (χ2v) is 5.43. The van der Waals surface area contributed by atoms with Gasteiger partial charge in [-0.3, -0.25) is 4.72 Å². The summed E-state index contributed by atoms with van der Waals surface area (Å²) < 4.78 is 31.6. The monoisotopic (exact) mass is 279 g/mol. The van der Waals surface area contributed by atoms with Gasteiger partial charge < -0.3 is 10.5 Å². The van der Waals surface area contributed by atoms with E-state index in [1.54, 1.807) is 31.4 Å². The van der Waals surface area contributed by atoms with Gasteiger partial charge in [0.05, 0.1) is 12.0 Å². The van der Waals surface area contributed by atoms with Crippen molar-refractivity contribution in [3.05, 3.63) is 42.6 Å². The molecule has 100 valence electrons. The Morgan fingerprint density at radius 3 is 2.47 bits per heavy atom. The molecule has 1 aromatic heterocycles. The fraction of sp³-hybridized carbons (Fsp3) is 0.0833. The van der Waals surface area contributed by atoms with Crippen LogP contribution in [0, 0.1) is 0 Å². The largest absolute Gasteiger partial charge is 0.497 e. The Labute approximate surface area is 111 Å². The molecule has 1 heterocycles. The van der Waals surface area contributed by atoms with E-state index in [0.29, 0.717) is 11.4 Å². The van der Waals surface area contributed by atoms with Crippen LogP contribution in [0.1, 0.15) is 0 Å². The van der Waals surface area contributed by atoms with Gasteiger partial charge in [0.25, 0.3) is 10.0 Å². The Morgan fingerprint density at radius 1 is 1.21 bits per heavy atom. The molecule has 0 spiro atoms. The molecule has 0 saturated heterocycles. The van der Waals surface area contributed by atoms with Crippen molar-refractivity contribution in [3.63, 3.8) is 0 Å². The van der Waals surface area contributed by atoms with Gasteiger partial charge in [-0.2, -0.15) is 0 Å². The van der Waals surface area contributed by atoms with E-state index in [-0.39, 0.29) is 10.7 Å². The summed E-state index contributed by atoms with van der Waals surface area (Å²) in [7, 11) is -2.13. The number of hydrogen-bond donors (Lipinski definition) is 2. The molecule has 0 atom stereocenters. The molecular weight excluding hydrogens is 266 g/mol. The molecule has 1 aromatic carbocycles. The number of hydrogen-bond acceptors (Lipinski definition) is 5. The molecule has 0 amide bonds. The molecular formula is C12H13N3O3S. The molecule has 0 radical (unpaired) electrons. The third-order valence-electron chi connectivity index (χ3n) is 2.41. The van der Waals surface area contributed by atoms with Crippen LogP contribution in [0.25, 0.3) is 0 Å². The lowest BCUT2D eigenvalue weighted by Crippen LogP contribution is -2.13. The van der Waals surface area contributed by atoms with Gasteiger partial charge in [0, 0.05) is 18.0 Å². The zero-order chi connectivity index (χ0) is 13.9. The van der Waals surface area contributed by atoms with E-state index in [2.05, 4.69) is 9.71 Å². The number of nitrogens with zero attached hydrogens (tertiary/aromatic N) is 1. The minimum atomic E-state index is -3.67. The van der Waals surface area contributed by atoms with Crippen molar-refractivity contribution in [1.82, 2.24) is 4.98 Å². The quantitative estimate of drug-likeness (QED) is 0.883. The zero-order valence-corrected chi connectivity index (χ0v) is 11.0. The lowest BCUT2D eigenvalue weighted by Gasteiger charge is -2.08. The number of methoxy groups -OCH3 is 1. The van der Waals surface area contributed by atoms with Crippen LogP contribution in [-0.4, -0.2) is 20.5 Å². The van der Waals surface area contributed by atoms with Crippen LogP contribution in [0.15, 0.2) is 47.5 Å². The molecule has 7 heteroatoms. The van der Waals surface area contributed by atoms with E-state index in [4.69, 9.17) is 10.5 Å². The lowest BCUT2D eigenvalue weighted by atomic mass is 10.3. The molecule has 2 aromatic rings. The van der Waals surface area contributed by atoms with Gasteiger partial charge in [0.1, 0.15) is 11.6 Å². The van der Waals surface area contributed by atoms with E-state index in [9.17, 15) is 8.42 Å². The van der Waals surface area contributed by atoms with Crippen LogP contribution in [0.3, 0.4) is 0 Å². The molecule has 19 heavy (non-hydrogen) atoms. The van der Waals surface area contributed by atoms with Crippen molar-refractivity contribution >= 4 is 21.5 Å². The Hall–Kier alpha value is -2.28. The maximum absolute atomic E-state index is 12.1.